The highest BCUT2D eigenvalue weighted by Crippen LogP contribution is 2.27. The lowest BCUT2D eigenvalue weighted by Gasteiger charge is -2.36. The first-order valence-corrected chi connectivity index (χ1v) is 6.98. The molecule has 0 saturated carbocycles. The third-order valence-corrected chi connectivity index (χ3v) is 3.62. The standard InChI is InChI=1S/C15H22O4.BH3O3/c1-10-8-11(13(16)19-5)6-7-12(10)9-15(4,18)14(2,3)17;2-1(3)4/h6-8,17-18H,9H2,1-5H3;2-4H. The van der Waals surface area contributed by atoms with E-state index in [1.807, 2.05) is 6.92 Å². The topological polar surface area (TPSA) is 127 Å². The van der Waals surface area contributed by atoms with Crippen LogP contribution in [-0.4, -0.2) is 56.9 Å². The van der Waals surface area contributed by atoms with Crippen molar-refractivity contribution in [1.29, 1.82) is 0 Å². The summed E-state index contributed by atoms with van der Waals surface area (Å²) in [5, 5.41) is 41.8. The molecule has 23 heavy (non-hydrogen) atoms. The van der Waals surface area contributed by atoms with Crippen LogP contribution in [0, 0.1) is 6.92 Å². The summed E-state index contributed by atoms with van der Waals surface area (Å²) in [6.07, 6.45) is 0.309. The minimum atomic E-state index is -2.17. The quantitative estimate of drug-likeness (QED) is 0.382. The zero-order valence-corrected chi connectivity index (χ0v) is 14.1. The second-order valence-electron chi connectivity index (χ2n) is 5.99. The third kappa shape index (κ3) is 7.11. The number of hydrogen-bond acceptors (Lipinski definition) is 7. The Hall–Kier alpha value is -1.45. The van der Waals surface area contributed by atoms with Crippen molar-refractivity contribution in [2.45, 2.75) is 45.3 Å². The maximum atomic E-state index is 11.4. The van der Waals surface area contributed by atoms with Crippen LogP contribution < -0.4 is 0 Å². The SMILES string of the molecule is COC(=O)c1ccc(CC(C)(O)C(C)(C)O)c(C)c1.OB(O)O. The number of benzene rings is 1. The van der Waals surface area contributed by atoms with Crippen LogP contribution in [0.2, 0.25) is 0 Å². The summed E-state index contributed by atoms with van der Waals surface area (Å²) in [5.74, 6) is -0.385. The highest BCUT2D eigenvalue weighted by atomic mass is 16.5. The van der Waals surface area contributed by atoms with E-state index in [2.05, 4.69) is 4.74 Å². The Morgan fingerprint density at radius 1 is 1.17 bits per heavy atom. The van der Waals surface area contributed by atoms with Crippen molar-refractivity contribution >= 4 is 13.3 Å². The van der Waals surface area contributed by atoms with Gasteiger partial charge in [-0.15, -0.1) is 0 Å². The molecule has 0 aliphatic rings. The van der Waals surface area contributed by atoms with Gasteiger partial charge in [-0.25, -0.2) is 4.79 Å². The van der Waals surface area contributed by atoms with Crippen LogP contribution in [0.25, 0.3) is 0 Å². The van der Waals surface area contributed by atoms with Crippen LogP contribution in [-0.2, 0) is 11.2 Å². The third-order valence-electron chi connectivity index (χ3n) is 3.62. The summed E-state index contributed by atoms with van der Waals surface area (Å²) in [5.41, 5.74) is -0.204. The van der Waals surface area contributed by atoms with Crippen molar-refractivity contribution in [3.8, 4) is 0 Å². The number of aliphatic hydroxyl groups is 2. The summed E-state index contributed by atoms with van der Waals surface area (Å²) >= 11 is 0. The van der Waals surface area contributed by atoms with Crippen molar-refractivity contribution in [2.24, 2.45) is 0 Å². The van der Waals surface area contributed by atoms with Gasteiger partial charge in [-0.1, -0.05) is 6.07 Å². The molecule has 0 radical (unpaired) electrons. The van der Waals surface area contributed by atoms with Crippen LogP contribution in [0.15, 0.2) is 18.2 Å². The number of carbonyl (C=O) groups excluding carboxylic acids is 1. The molecule has 0 saturated heterocycles. The van der Waals surface area contributed by atoms with Crippen molar-refractivity contribution in [2.75, 3.05) is 7.11 Å². The number of methoxy groups -OCH3 is 1. The van der Waals surface area contributed by atoms with Gasteiger partial charge < -0.3 is 30.0 Å². The lowest BCUT2D eigenvalue weighted by molar-refractivity contribution is -0.118. The fourth-order valence-corrected chi connectivity index (χ4v) is 1.73. The molecule has 1 atom stereocenters. The monoisotopic (exact) mass is 328 g/mol. The van der Waals surface area contributed by atoms with E-state index in [0.717, 1.165) is 11.1 Å². The predicted molar refractivity (Wildman–Crippen MR) is 85.6 cm³/mol. The van der Waals surface area contributed by atoms with Crippen LogP contribution in [0.5, 0.6) is 0 Å². The first-order chi connectivity index (χ1) is 10.3. The summed E-state index contributed by atoms with van der Waals surface area (Å²) < 4.78 is 4.66. The van der Waals surface area contributed by atoms with Crippen LogP contribution in [0.3, 0.4) is 0 Å². The molecular weight excluding hydrogens is 303 g/mol. The Morgan fingerprint density at radius 3 is 2.00 bits per heavy atom. The molecule has 130 valence electrons. The molecular formula is C15H25BO7. The molecule has 0 heterocycles. The molecule has 1 rings (SSSR count). The maximum absolute atomic E-state index is 11.4. The molecule has 5 N–H and O–H groups in total. The molecule has 0 spiro atoms. The van der Waals surface area contributed by atoms with Crippen molar-refractivity contribution in [1.82, 2.24) is 0 Å². The van der Waals surface area contributed by atoms with Gasteiger partial charge in [0.1, 0.15) is 0 Å². The van der Waals surface area contributed by atoms with Gasteiger partial charge in [0, 0.05) is 6.42 Å². The van der Waals surface area contributed by atoms with E-state index in [1.165, 1.54) is 7.11 Å². The average Bonchev–Trinajstić information content (AvgIpc) is 2.38. The predicted octanol–water partition coefficient (Wildman–Crippen LogP) is -0.206. The number of aryl methyl sites for hydroxylation is 1. The highest BCUT2D eigenvalue weighted by molar-refractivity contribution is 6.30. The van der Waals surface area contributed by atoms with Crippen LogP contribution >= 0.6 is 0 Å². The van der Waals surface area contributed by atoms with Gasteiger partial charge in [0.05, 0.1) is 23.9 Å². The largest absolute Gasteiger partial charge is 0.631 e. The number of hydrogen-bond donors (Lipinski definition) is 5. The van der Waals surface area contributed by atoms with Gasteiger partial charge in [0.15, 0.2) is 0 Å². The number of carbonyl (C=O) groups is 1. The smallest absolute Gasteiger partial charge is 0.465 e. The van der Waals surface area contributed by atoms with Gasteiger partial charge in [-0.2, -0.15) is 0 Å². The summed E-state index contributed by atoms with van der Waals surface area (Å²) in [6, 6.07) is 5.16. The molecule has 1 aromatic carbocycles. The fraction of sp³-hybridized carbons (Fsp3) is 0.533. The second kappa shape index (κ2) is 8.42. The van der Waals surface area contributed by atoms with E-state index in [1.54, 1.807) is 39.0 Å². The Morgan fingerprint density at radius 2 is 1.65 bits per heavy atom. The van der Waals surface area contributed by atoms with E-state index in [9.17, 15) is 15.0 Å². The van der Waals surface area contributed by atoms with Gasteiger partial charge in [-0.05, 0) is 51.0 Å². The van der Waals surface area contributed by atoms with Gasteiger partial charge in [0.2, 0.25) is 0 Å². The Balaban J connectivity index is 0.00000108. The lowest BCUT2D eigenvalue weighted by atomic mass is 9.81. The first kappa shape index (κ1) is 21.6. The maximum Gasteiger partial charge on any atom is 0.631 e. The van der Waals surface area contributed by atoms with E-state index < -0.39 is 18.5 Å². The van der Waals surface area contributed by atoms with E-state index in [0.29, 0.717) is 12.0 Å². The van der Waals surface area contributed by atoms with Crippen LogP contribution in [0.4, 0.5) is 0 Å². The normalized spacial score (nSPS) is 13.5. The molecule has 0 bridgehead atoms. The number of esters is 1. The van der Waals surface area contributed by atoms with Gasteiger partial charge in [-0.3, -0.25) is 0 Å². The van der Waals surface area contributed by atoms with Gasteiger partial charge in [0.25, 0.3) is 0 Å². The Bertz CT molecular complexity index is 518. The van der Waals surface area contributed by atoms with Crippen LogP contribution in [0.1, 0.15) is 42.3 Å². The Labute approximate surface area is 136 Å². The second-order valence-corrected chi connectivity index (χ2v) is 5.99. The number of ether oxygens (including phenoxy) is 1. The molecule has 0 aliphatic heterocycles. The first-order valence-electron chi connectivity index (χ1n) is 6.98. The zero-order chi connectivity index (χ0) is 18.4. The minimum Gasteiger partial charge on any atom is -0.465 e. The molecule has 1 aromatic rings. The van der Waals surface area contributed by atoms with E-state index in [4.69, 9.17) is 15.1 Å². The lowest BCUT2D eigenvalue weighted by Crippen LogP contribution is -2.49. The molecule has 0 aliphatic carbocycles. The average molecular weight is 328 g/mol. The molecule has 0 fully saturated rings. The van der Waals surface area contributed by atoms with Crippen molar-refractivity contribution < 1.29 is 34.8 Å². The van der Waals surface area contributed by atoms with Gasteiger partial charge >= 0.3 is 13.3 Å². The number of rotatable bonds is 4. The van der Waals surface area contributed by atoms with Crippen molar-refractivity contribution in [3.05, 3.63) is 34.9 Å². The zero-order valence-electron chi connectivity index (χ0n) is 14.1. The molecule has 0 amide bonds. The molecule has 8 heteroatoms. The van der Waals surface area contributed by atoms with E-state index >= 15 is 0 Å². The highest BCUT2D eigenvalue weighted by Gasteiger charge is 2.37. The van der Waals surface area contributed by atoms with Crippen molar-refractivity contribution in [3.63, 3.8) is 0 Å². The fourth-order valence-electron chi connectivity index (χ4n) is 1.73. The molecule has 0 aromatic heterocycles. The molecule has 7 nitrogen and oxygen atoms in total. The summed E-state index contributed by atoms with van der Waals surface area (Å²) in [7, 11) is -0.829. The molecule has 1 unspecified atom stereocenters. The Kier molecular flexibility index (Phi) is 7.89. The summed E-state index contributed by atoms with van der Waals surface area (Å²) in [4.78, 5) is 11.4. The minimum absolute atomic E-state index is 0.309. The summed E-state index contributed by atoms with van der Waals surface area (Å²) in [6.45, 7) is 6.61. The van der Waals surface area contributed by atoms with E-state index in [-0.39, 0.29) is 5.97 Å².